The third-order valence-electron chi connectivity index (χ3n) is 3.53. The van der Waals surface area contributed by atoms with Gasteiger partial charge in [0, 0.05) is 18.7 Å². The lowest BCUT2D eigenvalue weighted by molar-refractivity contribution is -0.120. The molecule has 19 heavy (non-hydrogen) atoms. The van der Waals surface area contributed by atoms with Crippen molar-refractivity contribution in [3.63, 3.8) is 0 Å². The van der Waals surface area contributed by atoms with Gasteiger partial charge in [-0.3, -0.25) is 9.78 Å². The largest absolute Gasteiger partial charge is 0.345 e. The quantitative estimate of drug-likeness (QED) is 0.912. The molecule has 1 aliphatic carbocycles. The topological polar surface area (TPSA) is 42.0 Å². The summed E-state index contributed by atoms with van der Waals surface area (Å²) in [6, 6.07) is 14.3. The molecule has 0 atom stereocenters. The third-order valence-corrected chi connectivity index (χ3v) is 3.53. The molecule has 2 aromatic rings. The lowest BCUT2D eigenvalue weighted by atomic mass is 10.1. The normalized spacial score (nSPS) is 15.8. The van der Waals surface area contributed by atoms with Crippen LogP contribution in [0.5, 0.6) is 0 Å². The van der Waals surface area contributed by atoms with Crippen molar-refractivity contribution in [2.45, 2.75) is 25.3 Å². The second-order valence-corrected chi connectivity index (χ2v) is 5.06. The molecule has 96 valence electrons. The summed E-state index contributed by atoms with van der Waals surface area (Å²) in [6.07, 6.45) is 3.83. The number of benzene rings is 1. The number of carbonyl (C=O) groups is 1. The van der Waals surface area contributed by atoms with E-state index < -0.39 is 0 Å². The molecule has 0 saturated heterocycles. The predicted octanol–water partition coefficient (Wildman–Crippen LogP) is 2.87. The lowest BCUT2D eigenvalue weighted by Crippen LogP contribution is -2.33. The van der Waals surface area contributed by atoms with Crippen molar-refractivity contribution in [3.8, 4) is 11.1 Å². The van der Waals surface area contributed by atoms with E-state index in [1.165, 1.54) is 0 Å². The molecular weight excluding hydrogens is 236 g/mol. The zero-order chi connectivity index (χ0) is 13.3. The number of amides is 1. The third kappa shape index (κ3) is 2.36. The molecule has 1 fully saturated rings. The molecule has 0 unspecified atom stereocenters. The number of carbonyl (C=O) groups excluding carboxylic acids is 1. The van der Waals surface area contributed by atoms with E-state index in [-0.39, 0.29) is 11.4 Å². The van der Waals surface area contributed by atoms with Crippen LogP contribution in [0.2, 0.25) is 0 Å². The van der Waals surface area contributed by atoms with Gasteiger partial charge in [0.05, 0.1) is 11.2 Å². The molecule has 3 rings (SSSR count). The number of pyridine rings is 1. The van der Waals surface area contributed by atoms with Crippen molar-refractivity contribution in [1.82, 2.24) is 10.3 Å². The fourth-order valence-corrected chi connectivity index (χ4v) is 2.39. The Bertz CT molecular complexity index is 586. The van der Waals surface area contributed by atoms with Gasteiger partial charge in [-0.05, 0) is 24.5 Å². The highest BCUT2D eigenvalue weighted by Crippen LogP contribution is 2.44. The van der Waals surface area contributed by atoms with Gasteiger partial charge in [-0.15, -0.1) is 0 Å². The fraction of sp³-hybridized carbons (Fsp3) is 0.250. The number of nitrogens with one attached hydrogen (secondary N) is 1. The van der Waals surface area contributed by atoms with Gasteiger partial charge in [0.2, 0.25) is 5.91 Å². The molecule has 1 saturated carbocycles. The van der Waals surface area contributed by atoms with Crippen LogP contribution in [-0.2, 0) is 10.3 Å². The van der Waals surface area contributed by atoms with Crippen LogP contribution in [0, 0.1) is 0 Å². The molecule has 1 aromatic carbocycles. The maximum absolute atomic E-state index is 11.2. The lowest BCUT2D eigenvalue weighted by Gasteiger charge is -2.15. The summed E-state index contributed by atoms with van der Waals surface area (Å²) in [7, 11) is 0. The molecular formula is C16H16N2O. The van der Waals surface area contributed by atoms with Gasteiger partial charge in [-0.2, -0.15) is 0 Å². The van der Waals surface area contributed by atoms with Gasteiger partial charge < -0.3 is 5.32 Å². The summed E-state index contributed by atoms with van der Waals surface area (Å²) in [4.78, 5) is 15.7. The van der Waals surface area contributed by atoms with Crippen molar-refractivity contribution in [3.05, 3.63) is 54.4 Å². The van der Waals surface area contributed by atoms with Crippen LogP contribution in [0.25, 0.3) is 11.1 Å². The van der Waals surface area contributed by atoms with Gasteiger partial charge in [-0.1, -0.05) is 36.4 Å². The molecule has 0 aliphatic heterocycles. The Morgan fingerprint density at radius 2 is 1.84 bits per heavy atom. The van der Waals surface area contributed by atoms with Crippen molar-refractivity contribution < 1.29 is 4.79 Å². The highest BCUT2D eigenvalue weighted by molar-refractivity contribution is 5.74. The van der Waals surface area contributed by atoms with E-state index in [1.807, 2.05) is 30.5 Å². The summed E-state index contributed by atoms with van der Waals surface area (Å²) in [6.45, 7) is 1.55. The molecule has 1 amide bonds. The minimum atomic E-state index is -0.207. The average Bonchev–Trinajstić information content (AvgIpc) is 3.20. The summed E-state index contributed by atoms with van der Waals surface area (Å²) in [5, 5.41) is 3.00. The van der Waals surface area contributed by atoms with Gasteiger partial charge >= 0.3 is 0 Å². The minimum Gasteiger partial charge on any atom is -0.345 e. The summed E-state index contributed by atoms with van der Waals surface area (Å²) in [5.74, 6) is 0.00596. The first-order valence-electron chi connectivity index (χ1n) is 6.50. The van der Waals surface area contributed by atoms with Crippen molar-refractivity contribution in [2.75, 3.05) is 0 Å². The van der Waals surface area contributed by atoms with Gasteiger partial charge in [0.25, 0.3) is 0 Å². The molecule has 3 heteroatoms. The van der Waals surface area contributed by atoms with E-state index in [4.69, 9.17) is 0 Å². The number of nitrogens with zero attached hydrogens (tertiary/aromatic N) is 1. The maximum atomic E-state index is 11.2. The average molecular weight is 252 g/mol. The van der Waals surface area contributed by atoms with E-state index in [1.54, 1.807) is 6.92 Å². The number of hydrogen-bond donors (Lipinski definition) is 1. The first-order chi connectivity index (χ1) is 9.20. The van der Waals surface area contributed by atoms with E-state index in [0.717, 1.165) is 29.7 Å². The monoisotopic (exact) mass is 252 g/mol. The molecule has 1 aromatic heterocycles. The predicted molar refractivity (Wildman–Crippen MR) is 74.4 cm³/mol. The van der Waals surface area contributed by atoms with Crippen LogP contribution in [-0.4, -0.2) is 10.9 Å². The van der Waals surface area contributed by atoms with Crippen LogP contribution in [0.15, 0.2) is 48.7 Å². The zero-order valence-electron chi connectivity index (χ0n) is 10.9. The Morgan fingerprint density at radius 3 is 2.37 bits per heavy atom. The second kappa shape index (κ2) is 4.50. The Morgan fingerprint density at radius 1 is 1.11 bits per heavy atom. The Labute approximate surface area is 112 Å². The molecule has 0 radical (unpaired) electrons. The fourth-order valence-electron chi connectivity index (χ4n) is 2.39. The first-order valence-corrected chi connectivity index (χ1v) is 6.50. The molecule has 3 nitrogen and oxygen atoms in total. The number of hydrogen-bond acceptors (Lipinski definition) is 2. The zero-order valence-corrected chi connectivity index (χ0v) is 10.9. The minimum absolute atomic E-state index is 0.00596. The molecule has 0 spiro atoms. The number of aromatic nitrogens is 1. The Balaban J connectivity index is 1.86. The second-order valence-electron chi connectivity index (χ2n) is 5.06. The van der Waals surface area contributed by atoms with Crippen LogP contribution in [0.1, 0.15) is 25.5 Å². The van der Waals surface area contributed by atoms with Gasteiger partial charge in [-0.25, -0.2) is 0 Å². The van der Waals surface area contributed by atoms with E-state index >= 15 is 0 Å². The van der Waals surface area contributed by atoms with E-state index in [2.05, 4.69) is 28.5 Å². The molecule has 0 bridgehead atoms. The smallest absolute Gasteiger partial charge is 0.217 e. The maximum Gasteiger partial charge on any atom is 0.217 e. The van der Waals surface area contributed by atoms with Gasteiger partial charge in [0.15, 0.2) is 0 Å². The standard InChI is InChI=1S/C16H16N2O/c1-12(19)18-16(9-10-16)15-8-7-14(11-17-15)13-5-3-2-4-6-13/h2-8,11H,9-10H2,1H3,(H,18,19). The Hall–Kier alpha value is -2.16. The summed E-state index contributed by atoms with van der Waals surface area (Å²) >= 11 is 0. The van der Waals surface area contributed by atoms with Crippen molar-refractivity contribution >= 4 is 5.91 Å². The summed E-state index contributed by atoms with van der Waals surface area (Å²) in [5.41, 5.74) is 3.01. The molecule has 1 aliphatic rings. The highest BCUT2D eigenvalue weighted by atomic mass is 16.1. The van der Waals surface area contributed by atoms with E-state index in [9.17, 15) is 4.79 Å². The Kier molecular flexibility index (Phi) is 2.82. The summed E-state index contributed by atoms with van der Waals surface area (Å²) < 4.78 is 0. The molecule has 1 heterocycles. The highest BCUT2D eigenvalue weighted by Gasteiger charge is 2.46. The van der Waals surface area contributed by atoms with E-state index in [0.29, 0.717) is 0 Å². The van der Waals surface area contributed by atoms with Crippen LogP contribution in [0.4, 0.5) is 0 Å². The van der Waals surface area contributed by atoms with Crippen LogP contribution < -0.4 is 5.32 Å². The van der Waals surface area contributed by atoms with Gasteiger partial charge in [0.1, 0.15) is 0 Å². The SMILES string of the molecule is CC(=O)NC1(c2ccc(-c3ccccc3)cn2)CC1. The first kappa shape index (κ1) is 11.9. The van der Waals surface area contributed by atoms with Crippen LogP contribution >= 0.6 is 0 Å². The van der Waals surface area contributed by atoms with Crippen molar-refractivity contribution in [2.24, 2.45) is 0 Å². The van der Waals surface area contributed by atoms with Crippen molar-refractivity contribution in [1.29, 1.82) is 0 Å². The number of rotatable bonds is 3. The van der Waals surface area contributed by atoms with Crippen LogP contribution in [0.3, 0.4) is 0 Å². The molecule has 1 N–H and O–H groups in total.